The molecule has 0 spiro atoms. The zero-order chi connectivity index (χ0) is 11.1. The van der Waals surface area contributed by atoms with Crippen molar-refractivity contribution in [2.45, 2.75) is 38.7 Å². The summed E-state index contributed by atoms with van der Waals surface area (Å²) in [6.07, 6.45) is 3.70. The van der Waals surface area contributed by atoms with E-state index < -0.39 is 0 Å². The van der Waals surface area contributed by atoms with Crippen LogP contribution in [0.25, 0.3) is 0 Å². The summed E-state index contributed by atoms with van der Waals surface area (Å²) in [5.41, 5.74) is 5.43. The molecule has 0 aromatic carbocycles. The van der Waals surface area contributed by atoms with E-state index in [1.807, 2.05) is 11.8 Å². The van der Waals surface area contributed by atoms with Gasteiger partial charge in [-0.1, -0.05) is 0 Å². The quantitative estimate of drug-likeness (QED) is 0.710. The van der Waals surface area contributed by atoms with E-state index in [-0.39, 0.29) is 12.0 Å². The zero-order valence-corrected chi connectivity index (χ0v) is 9.58. The summed E-state index contributed by atoms with van der Waals surface area (Å²) in [5.74, 6) is 0.206. The molecule has 1 unspecified atom stereocenters. The Bertz CT molecular complexity index is 191. The van der Waals surface area contributed by atoms with Crippen molar-refractivity contribution in [1.82, 2.24) is 4.90 Å². The normalized spacial score (nSPS) is 20.5. The number of nitrogens with two attached hydrogens (primary N) is 1. The van der Waals surface area contributed by atoms with Gasteiger partial charge in [-0.15, -0.1) is 0 Å². The Morgan fingerprint density at radius 1 is 1.60 bits per heavy atom. The van der Waals surface area contributed by atoms with Gasteiger partial charge < -0.3 is 15.4 Å². The number of hydrogen-bond acceptors (Lipinski definition) is 3. The first-order valence-electron chi connectivity index (χ1n) is 5.87. The molecule has 1 atom stereocenters. The van der Waals surface area contributed by atoms with Crippen molar-refractivity contribution in [1.29, 1.82) is 0 Å². The predicted octanol–water partition coefficient (Wildman–Crippen LogP) is 0.753. The maximum atomic E-state index is 11.8. The lowest BCUT2D eigenvalue weighted by atomic mass is 10.1. The standard InChI is InChI=1S/C11H22N2O2/c1-2-13(7-4-6-12)11(14)9-10-5-3-8-15-10/h10H,2-9,12H2,1H3. The smallest absolute Gasteiger partial charge is 0.225 e. The van der Waals surface area contributed by atoms with Crippen molar-refractivity contribution < 1.29 is 9.53 Å². The predicted molar refractivity (Wildman–Crippen MR) is 59.5 cm³/mol. The van der Waals surface area contributed by atoms with Crippen LogP contribution in [0, 0.1) is 0 Å². The number of nitrogens with zero attached hydrogens (tertiary/aromatic N) is 1. The molecule has 0 aliphatic carbocycles. The average molecular weight is 214 g/mol. The van der Waals surface area contributed by atoms with Gasteiger partial charge in [0.05, 0.1) is 12.5 Å². The Morgan fingerprint density at radius 2 is 2.40 bits per heavy atom. The Morgan fingerprint density at radius 3 is 2.93 bits per heavy atom. The van der Waals surface area contributed by atoms with Crippen LogP contribution in [-0.4, -0.2) is 43.2 Å². The molecule has 1 aliphatic rings. The minimum Gasteiger partial charge on any atom is -0.378 e. The third kappa shape index (κ3) is 4.18. The number of rotatable bonds is 6. The number of carbonyl (C=O) groups excluding carboxylic acids is 1. The summed E-state index contributed by atoms with van der Waals surface area (Å²) in [4.78, 5) is 13.7. The van der Waals surface area contributed by atoms with Crippen LogP contribution in [0.4, 0.5) is 0 Å². The number of hydrogen-bond donors (Lipinski definition) is 1. The van der Waals surface area contributed by atoms with Crippen LogP contribution in [0.3, 0.4) is 0 Å². The van der Waals surface area contributed by atoms with Crippen LogP contribution < -0.4 is 5.73 Å². The van der Waals surface area contributed by atoms with E-state index in [2.05, 4.69) is 0 Å². The van der Waals surface area contributed by atoms with Crippen molar-refractivity contribution in [2.75, 3.05) is 26.2 Å². The van der Waals surface area contributed by atoms with Crippen LogP contribution in [-0.2, 0) is 9.53 Å². The Hall–Kier alpha value is -0.610. The lowest BCUT2D eigenvalue weighted by Gasteiger charge is -2.22. The Kier molecular flexibility index (Phi) is 5.65. The van der Waals surface area contributed by atoms with Crippen molar-refractivity contribution in [3.63, 3.8) is 0 Å². The monoisotopic (exact) mass is 214 g/mol. The van der Waals surface area contributed by atoms with Crippen molar-refractivity contribution in [3.8, 4) is 0 Å². The third-order valence-corrected chi connectivity index (χ3v) is 2.79. The molecule has 0 aromatic heterocycles. The highest BCUT2D eigenvalue weighted by molar-refractivity contribution is 5.76. The zero-order valence-electron chi connectivity index (χ0n) is 9.58. The first-order chi connectivity index (χ1) is 7.27. The summed E-state index contributed by atoms with van der Waals surface area (Å²) < 4.78 is 5.45. The molecule has 1 rings (SSSR count). The molecule has 4 heteroatoms. The first-order valence-corrected chi connectivity index (χ1v) is 5.87. The molecule has 15 heavy (non-hydrogen) atoms. The molecule has 4 nitrogen and oxygen atoms in total. The fourth-order valence-electron chi connectivity index (χ4n) is 1.87. The molecule has 1 saturated heterocycles. The Labute approximate surface area is 91.8 Å². The van der Waals surface area contributed by atoms with Gasteiger partial charge in [0.25, 0.3) is 0 Å². The van der Waals surface area contributed by atoms with Gasteiger partial charge in [-0.25, -0.2) is 0 Å². The van der Waals surface area contributed by atoms with E-state index >= 15 is 0 Å². The molecule has 1 fully saturated rings. The second-order valence-corrected chi connectivity index (χ2v) is 3.95. The lowest BCUT2D eigenvalue weighted by Crippen LogP contribution is -2.34. The number of ether oxygens (including phenoxy) is 1. The van der Waals surface area contributed by atoms with Gasteiger partial charge in [-0.05, 0) is 32.7 Å². The molecule has 0 aromatic rings. The van der Waals surface area contributed by atoms with Crippen LogP contribution in [0.1, 0.15) is 32.6 Å². The van der Waals surface area contributed by atoms with E-state index in [9.17, 15) is 4.79 Å². The average Bonchev–Trinajstić information content (AvgIpc) is 2.71. The van der Waals surface area contributed by atoms with Gasteiger partial charge >= 0.3 is 0 Å². The second kappa shape index (κ2) is 6.80. The molecule has 2 N–H and O–H groups in total. The molecular formula is C11H22N2O2. The maximum Gasteiger partial charge on any atom is 0.225 e. The minimum absolute atomic E-state index is 0.157. The van der Waals surface area contributed by atoms with Crippen molar-refractivity contribution >= 4 is 5.91 Å². The van der Waals surface area contributed by atoms with Gasteiger partial charge in [0.15, 0.2) is 0 Å². The first kappa shape index (κ1) is 12.5. The van der Waals surface area contributed by atoms with Crippen LogP contribution in [0.2, 0.25) is 0 Å². The van der Waals surface area contributed by atoms with Crippen LogP contribution >= 0.6 is 0 Å². The highest BCUT2D eigenvalue weighted by Crippen LogP contribution is 2.16. The van der Waals surface area contributed by atoms with Crippen LogP contribution in [0.15, 0.2) is 0 Å². The van der Waals surface area contributed by atoms with Gasteiger partial charge in [0.1, 0.15) is 0 Å². The van der Waals surface area contributed by atoms with Crippen molar-refractivity contribution in [3.05, 3.63) is 0 Å². The van der Waals surface area contributed by atoms with E-state index in [0.717, 1.165) is 39.0 Å². The molecule has 1 heterocycles. The van der Waals surface area contributed by atoms with Crippen molar-refractivity contribution in [2.24, 2.45) is 5.73 Å². The van der Waals surface area contributed by atoms with E-state index in [4.69, 9.17) is 10.5 Å². The molecule has 0 radical (unpaired) electrons. The highest BCUT2D eigenvalue weighted by Gasteiger charge is 2.21. The lowest BCUT2D eigenvalue weighted by molar-refractivity contribution is -0.133. The van der Waals surface area contributed by atoms with Gasteiger partial charge in [-0.3, -0.25) is 4.79 Å². The van der Waals surface area contributed by atoms with Gasteiger partial charge in [0.2, 0.25) is 5.91 Å². The molecule has 1 amide bonds. The third-order valence-electron chi connectivity index (χ3n) is 2.79. The van der Waals surface area contributed by atoms with Crippen LogP contribution in [0.5, 0.6) is 0 Å². The highest BCUT2D eigenvalue weighted by atomic mass is 16.5. The van der Waals surface area contributed by atoms with Gasteiger partial charge in [-0.2, -0.15) is 0 Å². The Balaban J connectivity index is 2.28. The molecule has 0 bridgehead atoms. The number of carbonyl (C=O) groups is 1. The number of amides is 1. The SMILES string of the molecule is CCN(CCCN)C(=O)CC1CCCO1. The van der Waals surface area contributed by atoms with Gasteiger partial charge in [0, 0.05) is 19.7 Å². The molecule has 88 valence electrons. The molecular weight excluding hydrogens is 192 g/mol. The molecule has 1 aliphatic heterocycles. The minimum atomic E-state index is 0.157. The summed E-state index contributed by atoms with van der Waals surface area (Å²) in [5, 5.41) is 0. The second-order valence-electron chi connectivity index (χ2n) is 3.95. The maximum absolute atomic E-state index is 11.8. The fraction of sp³-hybridized carbons (Fsp3) is 0.909. The molecule has 0 saturated carbocycles. The summed E-state index contributed by atoms with van der Waals surface area (Å²) >= 11 is 0. The van der Waals surface area contributed by atoms with E-state index in [1.54, 1.807) is 0 Å². The summed E-state index contributed by atoms with van der Waals surface area (Å²) in [6.45, 7) is 5.00. The summed E-state index contributed by atoms with van der Waals surface area (Å²) in [6, 6.07) is 0. The van der Waals surface area contributed by atoms with E-state index in [1.165, 1.54) is 0 Å². The largest absolute Gasteiger partial charge is 0.378 e. The summed E-state index contributed by atoms with van der Waals surface area (Å²) in [7, 11) is 0. The fourth-order valence-corrected chi connectivity index (χ4v) is 1.87. The van der Waals surface area contributed by atoms with E-state index in [0.29, 0.717) is 13.0 Å². The topological polar surface area (TPSA) is 55.6 Å².